The molecule has 1 atom stereocenters. The van der Waals surface area contributed by atoms with Crippen molar-refractivity contribution in [2.45, 2.75) is 32.4 Å². The maximum atomic E-state index is 10.9. The van der Waals surface area contributed by atoms with Crippen LogP contribution in [0.25, 0.3) is 0 Å². The van der Waals surface area contributed by atoms with Gasteiger partial charge >= 0.3 is 0 Å². The first-order valence-corrected chi connectivity index (χ1v) is 6.15. The summed E-state index contributed by atoms with van der Waals surface area (Å²) in [5, 5.41) is 5.29. The van der Waals surface area contributed by atoms with Gasteiger partial charge in [-0.2, -0.15) is 0 Å². The molecule has 3 N–H and O–H groups in total. The Morgan fingerprint density at radius 1 is 1.73 bits per heavy atom. The molecule has 1 aliphatic carbocycles. The van der Waals surface area contributed by atoms with Crippen LogP contribution >= 0.6 is 11.3 Å². The number of thiophene rings is 1. The first kappa shape index (κ1) is 10.6. The molecule has 15 heavy (non-hydrogen) atoms. The molecule has 0 bridgehead atoms. The lowest BCUT2D eigenvalue weighted by Gasteiger charge is -2.10. The maximum absolute atomic E-state index is 10.9. The van der Waals surface area contributed by atoms with E-state index in [9.17, 15) is 4.79 Å². The zero-order valence-electron chi connectivity index (χ0n) is 8.82. The first-order valence-electron chi connectivity index (χ1n) is 5.27. The van der Waals surface area contributed by atoms with Gasteiger partial charge in [0.05, 0.1) is 5.56 Å². The lowest BCUT2D eigenvalue weighted by Crippen LogP contribution is -2.26. The van der Waals surface area contributed by atoms with Gasteiger partial charge < -0.3 is 11.1 Å². The van der Waals surface area contributed by atoms with Gasteiger partial charge in [0.2, 0.25) is 5.91 Å². The van der Waals surface area contributed by atoms with E-state index in [1.165, 1.54) is 17.7 Å². The Hall–Kier alpha value is -0.870. The van der Waals surface area contributed by atoms with E-state index in [2.05, 4.69) is 12.2 Å². The second-order valence-electron chi connectivity index (χ2n) is 4.17. The monoisotopic (exact) mass is 224 g/mol. The van der Waals surface area contributed by atoms with Gasteiger partial charge in [-0.25, -0.2) is 0 Å². The molecule has 1 unspecified atom stereocenters. The summed E-state index contributed by atoms with van der Waals surface area (Å²) in [5.41, 5.74) is 5.81. The molecule has 0 aliphatic heterocycles. The van der Waals surface area contributed by atoms with Gasteiger partial charge in [0, 0.05) is 22.8 Å². The Morgan fingerprint density at radius 3 is 3.00 bits per heavy atom. The predicted molar refractivity (Wildman–Crippen MR) is 61.9 cm³/mol. The van der Waals surface area contributed by atoms with E-state index in [1.807, 2.05) is 11.4 Å². The van der Waals surface area contributed by atoms with Crippen molar-refractivity contribution in [2.24, 2.45) is 11.7 Å². The van der Waals surface area contributed by atoms with E-state index in [-0.39, 0.29) is 5.91 Å². The van der Waals surface area contributed by atoms with Gasteiger partial charge in [0.1, 0.15) is 0 Å². The van der Waals surface area contributed by atoms with E-state index in [1.54, 1.807) is 11.3 Å². The highest BCUT2D eigenvalue weighted by Gasteiger charge is 2.27. The molecule has 1 aromatic heterocycles. The molecular weight excluding hydrogens is 208 g/mol. The van der Waals surface area contributed by atoms with Crippen LogP contribution < -0.4 is 11.1 Å². The fraction of sp³-hybridized carbons (Fsp3) is 0.545. The van der Waals surface area contributed by atoms with Crippen molar-refractivity contribution in [3.63, 3.8) is 0 Å². The molecule has 1 saturated carbocycles. The van der Waals surface area contributed by atoms with Crippen molar-refractivity contribution in [1.29, 1.82) is 0 Å². The average molecular weight is 224 g/mol. The highest BCUT2D eigenvalue weighted by atomic mass is 32.1. The molecule has 1 fully saturated rings. The molecular formula is C11H16N2OS. The average Bonchev–Trinajstić information content (AvgIpc) is 2.93. The van der Waals surface area contributed by atoms with Gasteiger partial charge in [-0.3, -0.25) is 4.79 Å². The molecule has 1 amide bonds. The van der Waals surface area contributed by atoms with Crippen LogP contribution in [0, 0.1) is 5.92 Å². The van der Waals surface area contributed by atoms with Crippen molar-refractivity contribution in [3.8, 4) is 0 Å². The lowest BCUT2D eigenvalue weighted by molar-refractivity contribution is 0.100. The minimum atomic E-state index is -0.340. The number of nitrogens with two attached hydrogens (primary N) is 1. The minimum absolute atomic E-state index is 0.340. The Balaban J connectivity index is 1.84. The molecule has 0 radical (unpaired) electrons. The van der Waals surface area contributed by atoms with Crippen LogP contribution in [0.5, 0.6) is 0 Å². The summed E-state index contributed by atoms with van der Waals surface area (Å²) in [6.07, 6.45) is 2.70. The summed E-state index contributed by atoms with van der Waals surface area (Å²) in [6.45, 7) is 3.07. The van der Waals surface area contributed by atoms with Gasteiger partial charge in [-0.1, -0.05) is 0 Å². The summed E-state index contributed by atoms with van der Waals surface area (Å²) in [5.74, 6) is 0.522. The number of carbonyl (C=O) groups is 1. The SMILES string of the molecule is CC(NCc1cc(C(N)=O)cs1)C1CC1. The van der Waals surface area contributed by atoms with E-state index in [0.717, 1.165) is 12.5 Å². The Morgan fingerprint density at radius 2 is 2.47 bits per heavy atom. The minimum Gasteiger partial charge on any atom is -0.366 e. The van der Waals surface area contributed by atoms with Crippen LogP contribution in [0.2, 0.25) is 0 Å². The molecule has 4 heteroatoms. The fourth-order valence-electron chi connectivity index (χ4n) is 1.63. The van der Waals surface area contributed by atoms with Crippen LogP contribution in [0.4, 0.5) is 0 Å². The van der Waals surface area contributed by atoms with Gasteiger partial charge in [0.25, 0.3) is 0 Å². The normalized spacial score (nSPS) is 17.7. The van der Waals surface area contributed by atoms with E-state index in [4.69, 9.17) is 5.73 Å². The van der Waals surface area contributed by atoms with Crippen LogP contribution in [-0.4, -0.2) is 11.9 Å². The number of hydrogen-bond donors (Lipinski definition) is 2. The van der Waals surface area contributed by atoms with E-state index >= 15 is 0 Å². The second kappa shape index (κ2) is 4.33. The highest BCUT2D eigenvalue weighted by molar-refractivity contribution is 7.10. The summed E-state index contributed by atoms with van der Waals surface area (Å²) < 4.78 is 0. The molecule has 3 nitrogen and oxygen atoms in total. The van der Waals surface area contributed by atoms with Crippen LogP contribution in [0.1, 0.15) is 35.0 Å². The Bertz CT molecular complexity index is 357. The predicted octanol–water partition coefficient (Wildman–Crippen LogP) is 1.74. The third-order valence-electron chi connectivity index (χ3n) is 2.87. The Kier molecular flexibility index (Phi) is 3.07. The molecule has 1 heterocycles. The third kappa shape index (κ3) is 2.79. The summed E-state index contributed by atoms with van der Waals surface area (Å²) in [7, 11) is 0. The number of carbonyl (C=O) groups excluding carboxylic acids is 1. The van der Waals surface area contributed by atoms with Crippen molar-refractivity contribution < 1.29 is 4.79 Å². The largest absolute Gasteiger partial charge is 0.366 e. The number of nitrogens with one attached hydrogen (secondary N) is 1. The summed E-state index contributed by atoms with van der Waals surface area (Å²) in [4.78, 5) is 12.1. The van der Waals surface area contributed by atoms with Crippen molar-refractivity contribution in [2.75, 3.05) is 0 Å². The highest BCUT2D eigenvalue weighted by Crippen LogP contribution is 2.32. The molecule has 1 aliphatic rings. The molecule has 2 rings (SSSR count). The molecule has 0 saturated heterocycles. The summed E-state index contributed by atoms with van der Waals surface area (Å²) >= 11 is 1.59. The molecule has 82 valence electrons. The molecule has 0 spiro atoms. The molecule has 1 aromatic rings. The fourth-order valence-corrected chi connectivity index (χ4v) is 2.45. The number of primary amides is 1. The van der Waals surface area contributed by atoms with Crippen LogP contribution in [0.15, 0.2) is 11.4 Å². The van der Waals surface area contributed by atoms with Crippen molar-refractivity contribution in [3.05, 3.63) is 21.9 Å². The number of hydrogen-bond acceptors (Lipinski definition) is 3. The van der Waals surface area contributed by atoms with Gasteiger partial charge in [-0.15, -0.1) is 11.3 Å². The zero-order chi connectivity index (χ0) is 10.8. The Labute approximate surface area is 93.7 Å². The summed E-state index contributed by atoms with van der Waals surface area (Å²) in [6, 6.07) is 2.46. The first-order chi connectivity index (χ1) is 7.16. The number of rotatable bonds is 5. The van der Waals surface area contributed by atoms with Crippen molar-refractivity contribution in [1.82, 2.24) is 5.32 Å². The maximum Gasteiger partial charge on any atom is 0.249 e. The standard InChI is InChI=1S/C11H16N2OS/c1-7(8-2-3-8)13-5-10-4-9(6-15-10)11(12)14/h4,6-8,13H,2-3,5H2,1H3,(H2,12,14). The lowest BCUT2D eigenvalue weighted by atomic mass is 10.2. The number of amides is 1. The second-order valence-corrected chi connectivity index (χ2v) is 5.17. The van der Waals surface area contributed by atoms with Gasteiger partial charge in [0.15, 0.2) is 0 Å². The van der Waals surface area contributed by atoms with Gasteiger partial charge in [-0.05, 0) is 31.7 Å². The van der Waals surface area contributed by atoms with E-state index in [0.29, 0.717) is 11.6 Å². The van der Waals surface area contributed by atoms with Crippen molar-refractivity contribution >= 4 is 17.2 Å². The zero-order valence-corrected chi connectivity index (χ0v) is 9.64. The van der Waals surface area contributed by atoms with Crippen LogP contribution in [0.3, 0.4) is 0 Å². The smallest absolute Gasteiger partial charge is 0.249 e. The van der Waals surface area contributed by atoms with Crippen LogP contribution in [-0.2, 0) is 6.54 Å². The van der Waals surface area contributed by atoms with E-state index < -0.39 is 0 Å². The topological polar surface area (TPSA) is 55.1 Å². The quantitative estimate of drug-likeness (QED) is 0.800. The third-order valence-corrected chi connectivity index (χ3v) is 3.80. The molecule has 0 aromatic carbocycles.